The summed E-state index contributed by atoms with van der Waals surface area (Å²) in [4.78, 5) is 33.0. The van der Waals surface area contributed by atoms with E-state index in [0.29, 0.717) is 0 Å². The Bertz CT molecular complexity index is 515. The van der Waals surface area contributed by atoms with Crippen LogP contribution in [-0.2, 0) is 0 Å². The Morgan fingerprint density at radius 3 is 2.17 bits per heavy atom. The second kappa shape index (κ2) is 7.03. The van der Waals surface area contributed by atoms with Crippen LogP contribution in [-0.4, -0.2) is 75.6 Å². The van der Waals surface area contributed by atoms with Crippen molar-refractivity contribution in [3.05, 3.63) is 34.9 Å². The van der Waals surface area contributed by atoms with Crippen LogP contribution in [0.4, 0.5) is 0 Å². The van der Waals surface area contributed by atoms with E-state index in [2.05, 4.69) is 11.9 Å². The Morgan fingerprint density at radius 1 is 1.17 bits per heavy atom. The maximum Gasteiger partial charge on any atom is 2.00 e. The van der Waals surface area contributed by atoms with Gasteiger partial charge in [0, 0.05) is 0 Å². The van der Waals surface area contributed by atoms with Crippen molar-refractivity contribution in [1.82, 2.24) is 5.06 Å². The topological polar surface area (TPSA) is 115 Å². The predicted octanol–water partition coefficient (Wildman–Crippen LogP) is 0.347. The molecule has 0 aliphatic carbocycles. The number of aromatic carboxylic acids is 1. The molecule has 0 atom stereocenters. The van der Waals surface area contributed by atoms with Crippen molar-refractivity contribution in [1.29, 1.82) is 0 Å². The van der Waals surface area contributed by atoms with Gasteiger partial charge in [0.2, 0.25) is 0 Å². The van der Waals surface area contributed by atoms with Crippen molar-refractivity contribution in [2.45, 2.75) is 0 Å². The van der Waals surface area contributed by atoms with Crippen LogP contribution in [0.15, 0.2) is 18.2 Å². The Balaban J connectivity index is -0.000000553. The standard InChI is InChI=1S/C9H5NO5.Ca.ClHO.2H/c11-7-5-2-1-4(9(13)14)3-6(5)8(12)10(7)15;;1-2;;/h1-3,15H,(H,13,14);;2H;;/q;+2;;2*-1. The molecule has 3 N–H and O–H groups in total. The van der Waals surface area contributed by atoms with E-state index >= 15 is 0 Å². The Labute approximate surface area is 139 Å². The fraction of sp³-hybridized carbons (Fsp3) is 0. The number of fused-ring (bicyclic) bond motifs is 1. The van der Waals surface area contributed by atoms with Gasteiger partial charge in [-0.05, 0) is 18.2 Å². The zero-order chi connectivity index (χ0) is 13.2. The zero-order valence-corrected chi connectivity index (χ0v) is 11.8. The largest absolute Gasteiger partial charge is 2.00 e. The van der Waals surface area contributed by atoms with Gasteiger partial charge in [0.25, 0.3) is 11.8 Å². The summed E-state index contributed by atoms with van der Waals surface area (Å²) in [7, 11) is 0. The number of hydroxylamine groups is 2. The van der Waals surface area contributed by atoms with E-state index in [4.69, 9.17) is 15.0 Å². The van der Waals surface area contributed by atoms with Crippen molar-refractivity contribution in [2.75, 3.05) is 0 Å². The normalized spacial score (nSPS) is 12.3. The summed E-state index contributed by atoms with van der Waals surface area (Å²) in [5.41, 5.74) is -0.194. The number of carbonyl (C=O) groups is 3. The van der Waals surface area contributed by atoms with Crippen molar-refractivity contribution < 1.29 is 32.2 Å². The molecule has 1 aromatic carbocycles. The van der Waals surface area contributed by atoms with E-state index in [1.54, 1.807) is 0 Å². The molecule has 18 heavy (non-hydrogen) atoms. The molecule has 0 spiro atoms. The smallest absolute Gasteiger partial charge is 1.00 e. The van der Waals surface area contributed by atoms with Crippen molar-refractivity contribution in [2.24, 2.45) is 0 Å². The van der Waals surface area contributed by atoms with Crippen LogP contribution >= 0.6 is 11.9 Å². The third-order valence-electron chi connectivity index (χ3n) is 2.11. The predicted molar refractivity (Wildman–Crippen MR) is 61.7 cm³/mol. The van der Waals surface area contributed by atoms with Crippen LogP contribution in [0.5, 0.6) is 0 Å². The summed E-state index contributed by atoms with van der Waals surface area (Å²) in [6.45, 7) is 0. The summed E-state index contributed by atoms with van der Waals surface area (Å²) >= 11 is 3.64. The first kappa shape index (κ1) is 17.3. The zero-order valence-electron chi connectivity index (χ0n) is 10.8. The van der Waals surface area contributed by atoms with Gasteiger partial charge in [-0.2, -0.15) is 0 Å². The van der Waals surface area contributed by atoms with Gasteiger partial charge < -0.3 is 7.96 Å². The maximum atomic E-state index is 11.2. The van der Waals surface area contributed by atoms with Crippen LogP contribution in [0, 0.1) is 0 Å². The van der Waals surface area contributed by atoms with Gasteiger partial charge in [0.15, 0.2) is 0 Å². The van der Waals surface area contributed by atoms with Crippen molar-refractivity contribution >= 4 is 67.4 Å². The molecule has 0 saturated heterocycles. The van der Waals surface area contributed by atoms with Crippen LogP contribution in [0.1, 0.15) is 33.9 Å². The third kappa shape index (κ3) is 3.00. The average molecular weight is 302 g/mol. The number of nitrogens with zero attached hydrogens (tertiary/aromatic N) is 1. The molecule has 1 aliphatic heterocycles. The molecule has 2 rings (SSSR count). The van der Waals surface area contributed by atoms with Crippen molar-refractivity contribution in [3.63, 3.8) is 0 Å². The minimum Gasteiger partial charge on any atom is -1.00 e. The van der Waals surface area contributed by atoms with Gasteiger partial charge in [-0.25, -0.2) is 4.79 Å². The van der Waals surface area contributed by atoms with Gasteiger partial charge in [0.05, 0.1) is 28.6 Å². The van der Waals surface area contributed by atoms with E-state index in [0.717, 1.165) is 6.07 Å². The molecule has 0 unspecified atom stereocenters. The molecule has 1 aromatic rings. The Morgan fingerprint density at radius 2 is 1.67 bits per heavy atom. The first-order valence-corrected chi connectivity index (χ1v) is 4.48. The molecule has 0 fully saturated rings. The SMILES string of the molecule is O=C(O)c1ccc2c(c1)C(=O)N(O)C2=O.OCl.[Ca+2].[H-].[H-]. The first-order valence-electron chi connectivity index (χ1n) is 4.14. The van der Waals surface area contributed by atoms with E-state index in [-0.39, 0.29) is 62.3 Å². The number of hydrogen-bond donors (Lipinski definition) is 3. The summed E-state index contributed by atoms with van der Waals surface area (Å²) in [6, 6.07) is 3.47. The number of imide groups is 1. The molecule has 1 heterocycles. The van der Waals surface area contributed by atoms with E-state index in [9.17, 15) is 14.4 Å². The van der Waals surface area contributed by atoms with E-state index < -0.39 is 17.8 Å². The van der Waals surface area contributed by atoms with Gasteiger partial charge in [0.1, 0.15) is 0 Å². The number of amides is 2. The average Bonchev–Trinajstić information content (AvgIpc) is 2.57. The molecule has 1 aliphatic rings. The van der Waals surface area contributed by atoms with Gasteiger partial charge in [-0.3, -0.25) is 19.5 Å². The van der Waals surface area contributed by atoms with E-state index in [1.807, 2.05) is 0 Å². The Hall–Kier alpha value is -0.700. The quantitative estimate of drug-likeness (QED) is 0.391. The maximum absolute atomic E-state index is 11.2. The molecule has 0 bridgehead atoms. The van der Waals surface area contributed by atoms with E-state index in [1.165, 1.54) is 12.1 Å². The molecule has 0 saturated carbocycles. The summed E-state index contributed by atoms with van der Waals surface area (Å²) in [5, 5.41) is 17.6. The fourth-order valence-electron chi connectivity index (χ4n) is 1.36. The molecule has 2 amide bonds. The second-order valence-electron chi connectivity index (χ2n) is 2.99. The summed E-state index contributed by atoms with van der Waals surface area (Å²) < 4.78 is 6.47. The number of rotatable bonds is 1. The van der Waals surface area contributed by atoms with Crippen LogP contribution in [0.25, 0.3) is 0 Å². The summed E-state index contributed by atoms with van der Waals surface area (Å²) in [5.74, 6) is -2.94. The van der Waals surface area contributed by atoms with Crippen molar-refractivity contribution in [3.8, 4) is 0 Å². The second-order valence-corrected chi connectivity index (χ2v) is 2.99. The molecule has 0 aromatic heterocycles. The number of halogens is 1. The number of carbonyl (C=O) groups excluding carboxylic acids is 2. The Kier molecular flexibility index (Phi) is 6.75. The van der Waals surface area contributed by atoms with Gasteiger partial charge in [-0.1, -0.05) is 0 Å². The third-order valence-corrected chi connectivity index (χ3v) is 2.11. The molecule has 94 valence electrons. The number of carboxylic acid groups (broad SMARTS) is 1. The number of carboxylic acids is 1. The van der Waals surface area contributed by atoms with Crippen LogP contribution in [0.3, 0.4) is 0 Å². The fourth-order valence-corrected chi connectivity index (χ4v) is 1.36. The molecule has 7 nitrogen and oxygen atoms in total. The first-order chi connectivity index (χ1) is 8.02. The number of benzene rings is 1. The molecule has 0 radical (unpaired) electrons. The minimum atomic E-state index is -1.20. The van der Waals surface area contributed by atoms with Crippen LogP contribution < -0.4 is 0 Å². The van der Waals surface area contributed by atoms with Gasteiger partial charge >= 0.3 is 43.7 Å². The van der Waals surface area contributed by atoms with Gasteiger partial charge in [-0.15, -0.1) is 5.06 Å². The molecular formula is C9H8CaClNO6. The molecular weight excluding hydrogens is 294 g/mol. The monoisotopic (exact) mass is 301 g/mol. The number of hydrogen-bond acceptors (Lipinski definition) is 5. The summed E-state index contributed by atoms with van der Waals surface area (Å²) in [6.07, 6.45) is 0. The minimum absolute atomic E-state index is 0. The molecule has 9 heteroatoms. The van der Waals surface area contributed by atoms with Crippen LogP contribution in [0.2, 0.25) is 0 Å².